The molecule has 3 amide bonds. The molecule has 36 heavy (non-hydrogen) atoms. The molecule has 1 aromatic rings. The van der Waals surface area contributed by atoms with Gasteiger partial charge in [0.05, 0.1) is 12.1 Å². The van der Waals surface area contributed by atoms with Crippen LogP contribution in [-0.2, 0) is 30.4 Å². The summed E-state index contributed by atoms with van der Waals surface area (Å²) >= 11 is 0. The van der Waals surface area contributed by atoms with Gasteiger partial charge in [0.25, 0.3) is 0 Å². The topological polar surface area (TPSA) is 220 Å². The Morgan fingerprint density at radius 1 is 1.11 bits per heavy atom. The number of phenols is 1. The van der Waals surface area contributed by atoms with Gasteiger partial charge in [-0.2, -0.15) is 0 Å². The zero-order valence-electron chi connectivity index (χ0n) is 19.8. The van der Waals surface area contributed by atoms with E-state index in [2.05, 4.69) is 10.6 Å². The third kappa shape index (κ3) is 7.92. The second-order valence-corrected chi connectivity index (χ2v) is 8.73. The van der Waals surface area contributed by atoms with E-state index in [4.69, 9.17) is 10.8 Å². The molecule has 8 N–H and O–H groups in total. The highest BCUT2D eigenvalue weighted by molar-refractivity contribution is 5.94. The molecular weight excluding hydrogens is 476 g/mol. The van der Waals surface area contributed by atoms with Gasteiger partial charge in [-0.3, -0.25) is 19.2 Å². The zero-order valence-corrected chi connectivity index (χ0v) is 19.8. The number of nitrogens with two attached hydrogens (primary N) is 1. The number of nitrogens with one attached hydrogen (secondary N) is 2. The van der Waals surface area contributed by atoms with Crippen LogP contribution in [0.25, 0.3) is 0 Å². The first kappa shape index (κ1) is 28.5. The molecule has 13 heteroatoms. The fourth-order valence-electron chi connectivity index (χ4n) is 3.91. The lowest BCUT2D eigenvalue weighted by atomic mass is 10.0. The highest BCUT2D eigenvalue weighted by Crippen LogP contribution is 2.20. The number of aliphatic carboxylic acids is 2. The second kappa shape index (κ2) is 12.8. The Hall–Kier alpha value is -3.71. The summed E-state index contributed by atoms with van der Waals surface area (Å²) < 4.78 is 0. The van der Waals surface area contributed by atoms with Crippen LogP contribution in [0.2, 0.25) is 0 Å². The smallest absolute Gasteiger partial charge is 0.328 e. The van der Waals surface area contributed by atoms with Gasteiger partial charge in [0, 0.05) is 19.4 Å². The Balaban J connectivity index is 2.19. The maximum absolute atomic E-state index is 13.1. The van der Waals surface area contributed by atoms with Crippen molar-refractivity contribution in [2.45, 2.75) is 69.3 Å². The number of amides is 3. The van der Waals surface area contributed by atoms with Gasteiger partial charge in [0.2, 0.25) is 17.7 Å². The van der Waals surface area contributed by atoms with Crippen molar-refractivity contribution in [2.24, 2.45) is 5.73 Å². The summed E-state index contributed by atoms with van der Waals surface area (Å²) in [5.74, 6) is -4.67. The average molecular weight is 509 g/mol. The van der Waals surface area contributed by atoms with E-state index >= 15 is 0 Å². The van der Waals surface area contributed by atoms with Crippen LogP contribution < -0.4 is 16.4 Å². The van der Waals surface area contributed by atoms with E-state index in [-0.39, 0.29) is 31.6 Å². The van der Waals surface area contributed by atoms with Crippen LogP contribution in [0.5, 0.6) is 5.75 Å². The quantitative estimate of drug-likeness (QED) is 0.174. The number of rotatable bonds is 12. The number of aromatic hydroxyl groups is 1. The standard InChI is InChI=1S/C23H32N4O9/c1-12(28)19(23(35)36)26-20(32)16(11-13-4-6-14(29)7-5-13)25-21(33)17-3-2-10-27(17)22(34)15(24)8-9-18(30)31/h4-7,12,15-17,19,28-29H,2-3,8-11,24H2,1H3,(H,25,33)(H,26,32)(H,30,31)(H,35,36). The van der Waals surface area contributed by atoms with Crippen molar-refractivity contribution < 1.29 is 44.4 Å². The third-order valence-corrected chi connectivity index (χ3v) is 5.88. The summed E-state index contributed by atoms with van der Waals surface area (Å²) in [6.45, 7) is 1.43. The van der Waals surface area contributed by atoms with E-state index < -0.39 is 59.9 Å². The van der Waals surface area contributed by atoms with E-state index in [9.17, 15) is 39.3 Å². The van der Waals surface area contributed by atoms with Crippen LogP contribution in [0.1, 0.15) is 38.2 Å². The first-order valence-electron chi connectivity index (χ1n) is 11.5. The van der Waals surface area contributed by atoms with Crippen molar-refractivity contribution in [1.29, 1.82) is 0 Å². The SMILES string of the molecule is CC(O)C(NC(=O)C(Cc1ccc(O)cc1)NC(=O)C1CCCN1C(=O)C(N)CCC(=O)O)C(=O)O. The number of nitrogens with zero attached hydrogens (tertiary/aromatic N) is 1. The lowest BCUT2D eigenvalue weighted by molar-refractivity contribution is -0.145. The Labute approximate surface area is 207 Å². The molecule has 0 saturated carbocycles. The molecule has 0 bridgehead atoms. The maximum atomic E-state index is 13.1. The number of aliphatic hydroxyl groups excluding tert-OH is 1. The largest absolute Gasteiger partial charge is 0.508 e. The van der Waals surface area contributed by atoms with Gasteiger partial charge in [0.1, 0.15) is 17.8 Å². The van der Waals surface area contributed by atoms with Gasteiger partial charge in [-0.25, -0.2) is 4.79 Å². The van der Waals surface area contributed by atoms with E-state index in [1.165, 1.54) is 36.1 Å². The normalized spacial score (nSPS) is 18.5. The number of hydrogen-bond donors (Lipinski definition) is 7. The first-order chi connectivity index (χ1) is 16.9. The predicted molar refractivity (Wildman–Crippen MR) is 125 cm³/mol. The summed E-state index contributed by atoms with van der Waals surface area (Å²) in [7, 11) is 0. The van der Waals surface area contributed by atoms with Gasteiger partial charge >= 0.3 is 11.9 Å². The van der Waals surface area contributed by atoms with Crippen molar-refractivity contribution in [3.63, 3.8) is 0 Å². The zero-order chi connectivity index (χ0) is 27.0. The number of benzene rings is 1. The molecule has 1 heterocycles. The second-order valence-electron chi connectivity index (χ2n) is 8.73. The fraction of sp³-hybridized carbons (Fsp3) is 0.522. The van der Waals surface area contributed by atoms with E-state index in [1.54, 1.807) is 0 Å². The number of hydrogen-bond acceptors (Lipinski definition) is 8. The minimum Gasteiger partial charge on any atom is -0.508 e. The van der Waals surface area contributed by atoms with Gasteiger partial charge in [0.15, 0.2) is 6.04 Å². The number of carboxylic acid groups (broad SMARTS) is 2. The molecule has 0 radical (unpaired) electrons. The summed E-state index contributed by atoms with van der Waals surface area (Å²) in [4.78, 5) is 62.3. The summed E-state index contributed by atoms with van der Waals surface area (Å²) in [5.41, 5.74) is 6.38. The Morgan fingerprint density at radius 3 is 2.31 bits per heavy atom. The fourth-order valence-corrected chi connectivity index (χ4v) is 3.91. The minimum absolute atomic E-state index is 0.0109. The molecule has 0 aliphatic carbocycles. The van der Waals surface area contributed by atoms with Gasteiger partial charge in [-0.15, -0.1) is 0 Å². The molecule has 2 rings (SSSR count). The van der Waals surface area contributed by atoms with E-state index in [0.29, 0.717) is 18.4 Å². The molecule has 0 spiro atoms. The summed E-state index contributed by atoms with van der Waals surface area (Å²) in [6, 6.07) is 0.893. The Bertz CT molecular complexity index is 967. The van der Waals surface area contributed by atoms with Gasteiger partial charge in [-0.05, 0) is 43.9 Å². The van der Waals surface area contributed by atoms with E-state index in [0.717, 1.165) is 0 Å². The van der Waals surface area contributed by atoms with Crippen LogP contribution in [0.3, 0.4) is 0 Å². The monoisotopic (exact) mass is 508 g/mol. The van der Waals surface area contributed by atoms with Crippen molar-refractivity contribution in [3.8, 4) is 5.75 Å². The Morgan fingerprint density at radius 2 is 1.75 bits per heavy atom. The summed E-state index contributed by atoms with van der Waals surface area (Å²) in [5, 5.41) is 42.1. The van der Waals surface area contributed by atoms with E-state index in [1.807, 2.05) is 0 Å². The van der Waals surface area contributed by atoms with Crippen LogP contribution in [0.4, 0.5) is 0 Å². The highest BCUT2D eigenvalue weighted by Gasteiger charge is 2.38. The number of carboxylic acids is 2. The molecule has 1 aliphatic heterocycles. The molecule has 5 unspecified atom stereocenters. The molecular formula is C23H32N4O9. The van der Waals surface area contributed by atoms with Crippen LogP contribution in [0.15, 0.2) is 24.3 Å². The molecule has 13 nitrogen and oxygen atoms in total. The molecule has 1 aliphatic rings. The van der Waals surface area contributed by atoms with Crippen molar-refractivity contribution in [1.82, 2.24) is 15.5 Å². The number of carbonyl (C=O) groups is 5. The number of aliphatic hydroxyl groups is 1. The first-order valence-corrected chi connectivity index (χ1v) is 11.5. The van der Waals surface area contributed by atoms with Crippen LogP contribution >= 0.6 is 0 Å². The minimum atomic E-state index is -1.62. The number of likely N-dealkylation sites (tertiary alicyclic amines) is 1. The van der Waals surface area contributed by atoms with Crippen LogP contribution in [-0.4, -0.2) is 91.8 Å². The predicted octanol–water partition coefficient (Wildman–Crippen LogP) is -1.45. The highest BCUT2D eigenvalue weighted by atomic mass is 16.4. The molecule has 1 saturated heterocycles. The Kier molecular flexibility index (Phi) is 10.2. The average Bonchev–Trinajstić information content (AvgIpc) is 3.30. The summed E-state index contributed by atoms with van der Waals surface area (Å²) in [6.07, 6.45) is -1.09. The van der Waals surface area contributed by atoms with Crippen molar-refractivity contribution >= 4 is 29.7 Å². The van der Waals surface area contributed by atoms with Crippen molar-refractivity contribution in [3.05, 3.63) is 29.8 Å². The molecule has 0 aromatic heterocycles. The van der Waals surface area contributed by atoms with Crippen LogP contribution in [0, 0.1) is 0 Å². The lowest BCUT2D eigenvalue weighted by Crippen LogP contribution is -2.58. The van der Waals surface area contributed by atoms with Crippen molar-refractivity contribution in [2.75, 3.05) is 6.54 Å². The lowest BCUT2D eigenvalue weighted by Gasteiger charge is -2.29. The molecule has 1 fully saturated rings. The third-order valence-electron chi connectivity index (χ3n) is 5.88. The molecule has 198 valence electrons. The maximum Gasteiger partial charge on any atom is 0.328 e. The molecule has 1 aromatic carbocycles. The van der Waals surface area contributed by atoms with Gasteiger partial charge in [-0.1, -0.05) is 12.1 Å². The number of carbonyl (C=O) groups excluding carboxylic acids is 3. The van der Waals surface area contributed by atoms with Gasteiger partial charge < -0.3 is 41.7 Å². The molecule has 5 atom stereocenters. The number of phenolic OH excluding ortho intramolecular Hbond substituents is 1.